The van der Waals surface area contributed by atoms with Crippen molar-refractivity contribution in [1.29, 1.82) is 0 Å². The molecule has 0 unspecified atom stereocenters. The van der Waals surface area contributed by atoms with Crippen molar-refractivity contribution < 1.29 is 13.9 Å². The highest BCUT2D eigenvalue weighted by Crippen LogP contribution is 2.33. The van der Waals surface area contributed by atoms with E-state index in [4.69, 9.17) is 9.72 Å². The summed E-state index contributed by atoms with van der Waals surface area (Å²) < 4.78 is 23.3. The van der Waals surface area contributed by atoms with E-state index in [0.717, 1.165) is 18.5 Å². The normalized spacial score (nSPS) is 16.9. The monoisotopic (exact) mass is 568 g/mol. The molecule has 0 bridgehead atoms. The fraction of sp³-hybridized carbons (Fsp3) is 0.276. The number of nitrogens with zero attached hydrogens (tertiary/aromatic N) is 8. The maximum atomic E-state index is 15.6. The molecule has 4 heterocycles. The van der Waals surface area contributed by atoms with Crippen LogP contribution < -0.4 is 20.3 Å². The van der Waals surface area contributed by atoms with Gasteiger partial charge in [-0.2, -0.15) is 0 Å². The quantitative estimate of drug-likeness (QED) is 0.275. The van der Waals surface area contributed by atoms with Gasteiger partial charge in [0.1, 0.15) is 34.4 Å². The van der Waals surface area contributed by atoms with Crippen LogP contribution in [0.5, 0.6) is 11.5 Å². The van der Waals surface area contributed by atoms with Crippen LogP contribution in [0.15, 0.2) is 55.5 Å². The number of fused-ring (bicyclic) bond motifs is 2. The van der Waals surface area contributed by atoms with E-state index in [1.54, 1.807) is 42.1 Å². The van der Waals surface area contributed by atoms with Gasteiger partial charge in [0.25, 0.3) is 0 Å². The summed E-state index contributed by atoms with van der Waals surface area (Å²) >= 11 is 0. The average molecular weight is 569 g/mol. The molecule has 1 aliphatic rings. The Morgan fingerprint density at radius 1 is 1.17 bits per heavy atom. The zero-order valence-corrected chi connectivity index (χ0v) is 23.4. The summed E-state index contributed by atoms with van der Waals surface area (Å²) in [4.78, 5) is 31.8. The third kappa shape index (κ3) is 5.28. The number of piperidine rings is 1. The SMILES string of the molecule is C=CC(=O)N[C@@H]1C[C@H](C)CN(c2ncc3ncnc(Nc4ccc(Oc5ccc6c(c5)nnn6C)c(C)c4F)c3n2)C1. The van der Waals surface area contributed by atoms with E-state index in [9.17, 15) is 4.79 Å². The second kappa shape index (κ2) is 11.0. The van der Waals surface area contributed by atoms with Gasteiger partial charge in [0.05, 0.1) is 17.4 Å². The smallest absolute Gasteiger partial charge is 0.243 e. The van der Waals surface area contributed by atoms with Crippen molar-refractivity contribution in [2.45, 2.75) is 26.3 Å². The van der Waals surface area contributed by atoms with Crippen molar-refractivity contribution in [2.24, 2.45) is 13.0 Å². The van der Waals surface area contributed by atoms with Crippen LogP contribution in [-0.4, -0.2) is 60.0 Å². The minimum Gasteiger partial charge on any atom is -0.457 e. The summed E-state index contributed by atoms with van der Waals surface area (Å²) in [6.45, 7) is 8.57. The fourth-order valence-electron chi connectivity index (χ4n) is 5.18. The molecule has 2 atom stereocenters. The summed E-state index contributed by atoms with van der Waals surface area (Å²) in [5, 5.41) is 14.2. The van der Waals surface area contributed by atoms with Crippen LogP contribution in [0.3, 0.4) is 0 Å². The molecule has 13 heteroatoms. The number of carbonyl (C=O) groups is 1. The highest BCUT2D eigenvalue weighted by atomic mass is 19.1. The molecule has 3 aromatic heterocycles. The lowest BCUT2D eigenvalue weighted by Gasteiger charge is -2.36. The van der Waals surface area contributed by atoms with Gasteiger partial charge in [-0.3, -0.25) is 4.79 Å². The summed E-state index contributed by atoms with van der Waals surface area (Å²) in [7, 11) is 1.81. The molecule has 214 valence electrons. The van der Waals surface area contributed by atoms with Crippen LogP contribution in [0.1, 0.15) is 18.9 Å². The molecule has 0 spiro atoms. The second-order valence-corrected chi connectivity index (χ2v) is 10.4. The van der Waals surface area contributed by atoms with Gasteiger partial charge in [-0.05, 0) is 49.6 Å². The van der Waals surface area contributed by atoms with E-state index in [1.807, 2.05) is 18.0 Å². The third-order valence-corrected chi connectivity index (χ3v) is 7.24. The predicted octanol–water partition coefficient (Wildman–Crippen LogP) is 4.20. The molecule has 1 fully saturated rings. The Labute approximate surface area is 240 Å². The largest absolute Gasteiger partial charge is 0.457 e. The van der Waals surface area contributed by atoms with Gasteiger partial charge in [-0.15, -0.1) is 5.10 Å². The summed E-state index contributed by atoms with van der Waals surface area (Å²) in [5.74, 6) is 1.31. The van der Waals surface area contributed by atoms with E-state index in [-0.39, 0.29) is 17.6 Å². The predicted molar refractivity (Wildman–Crippen MR) is 156 cm³/mol. The lowest BCUT2D eigenvalue weighted by Crippen LogP contribution is -2.50. The molecule has 2 N–H and O–H groups in total. The first-order valence-corrected chi connectivity index (χ1v) is 13.5. The topological polar surface area (TPSA) is 136 Å². The fourth-order valence-corrected chi connectivity index (χ4v) is 5.18. The number of aromatic nitrogens is 7. The van der Waals surface area contributed by atoms with E-state index in [2.05, 4.69) is 49.4 Å². The Balaban J connectivity index is 1.25. The van der Waals surface area contributed by atoms with Gasteiger partial charge in [-0.25, -0.2) is 29.0 Å². The van der Waals surface area contributed by atoms with Crippen molar-refractivity contribution in [3.8, 4) is 11.5 Å². The molecule has 1 saturated heterocycles. The van der Waals surface area contributed by atoms with Crippen molar-refractivity contribution in [2.75, 3.05) is 23.3 Å². The zero-order valence-electron chi connectivity index (χ0n) is 23.4. The highest BCUT2D eigenvalue weighted by Gasteiger charge is 2.27. The molecule has 2 aromatic carbocycles. The number of hydrogen-bond acceptors (Lipinski definition) is 10. The molecule has 0 radical (unpaired) electrons. The maximum absolute atomic E-state index is 15.6. The standard InChI is InChI=1S/C29H29FN10O2/c1-5-25(41)34-18-10-16(2)13-40(14-18)29-31-12-22-27(36-29)28(33-15-32-22)35-20-7-9-24(17(3)26(20)30)42-19-6-8-23-21(11-19)37-38-39(23)4/h5-9,11-12,15-16,18H,1,10,13-14H2,2-4H3,(H,34,41)(H,32,33,35)/t16-,18+/m0/s1. The van der Waals surface area contributed by atoms with Crippen molar-refractivity contribution >= 4 is 45.4 Å². The molecule has 6 rings (SSSR count). The Kier molecular flexibility index (Phi) is 7.07. The number of rotatable bonds is 7. The maximum Gasteiger partial charge on any atom is 0.243 e. The van der Waals surface area contributed by atoms with E-state index >= 15 is 4.39 Å². The van der Waals surface area contributed by atoms with Crippen LogP contribution in [0.4, 0.5) is 21.8 Å². The first kappa shape index (κ1) is 27.0. The van der Waals surface area contributed by atoms with E-state index in [1.165, 1.54) is 12.4 Å². The van der Waals surface area contributed by atoms with Crippen molar-refractivity contribution in [1.82, 2.24) is 40.2 Å². The van der Waals surface area contributed by atoms with Gasteiger partial charge < -0.3 is 20.3 Å². The Hall–Kier alpha value is -5.20. The summed E-state index contributed by atoms with van der Waals surface area (Å²) in [5.41, 5.74) is 3.03. The van der Waals surface area contributed by atoms with Crippen molar-refractivity contribution in [3.63, 3.8) is 0 Å². The number of hydrogen-bond donors (Lipinski definition) is 2. The zero-order chi connectivity index (χ0) is 29.4. The number of aryl methyl sites for hydroxylation is 1. The Morgan fingerprint density at radius 3 is 2.86 bits per heavy atom. The molecule has 12 nitrogen and oxygen atoms in total. The van der Waals surface area contributed by atoms with E-state index < -0.39 is 5.82 Å². The number of nitrogens with one attached hydrogen (secondary N) is 2. The molecular weight excluding hydrogens is 539 g/mol. The molecule has 5 aromatic rings. The number of amides is 1. The minimum absolute atomic E-state index is 0.0662. The van der Waals surface area contributed by atoms with Crippen LogP contribution in [0.25, 0.3) is 22.1 Å². The van der Waals surface area contributed by atoms with Gasteiger partial charge in [-0.1, -0.05) is 18.7 Å². The first-order chi connectivity index (χ1) is 20.3. The van der Waals surface area contributed by atoms with E-state index in [0.29, 0.717) is 57.8 Å². The number of anilines is 3. The second-order valence-electron chi connectivity index (χ2n) is 10.4. The third-order valence-electron chi connectivity index (χ3n) is 7.24. The lowest BCUT2D eigenvalue weighted by molar-refractivity contribution is -0.117. The minimum atomic E-state index is -0.486. The Morgan fingerprint density at radius 2 is 2.02 bits per heavy atom. The number of benzene rings is 2. The summed E-state index contributed by atoms with van der Waals surface area (Å²) in [6.07, 6.45) is 5.10. The molecular formula is C29H29FN10O2. The molecule has 42 heavy (non-hydrogen) atoms. The van der Waals surface area contributed by atoms with Gasteiger partial charge in [0.2, 0.25) is 11.9 Å². The van der Waals surface area contributed by atoms with Gasteiger partial charge in [0.15, 0.2) is 11.6 Å². The average Bonchev–Trinajstić information content (AvgIpc) is 3.36. The highest BCUT2D eigenvalue weighted by molar-refractivity contribution is 5.88. The van der Waals surface area contributed by atoms with Crippen LogP contribution in [-0.2, 0) is 11.8 Å². The van der Waals surface area contributed by atoms with Gasteiger partial charge in [0, 0.05) is 37.8 Å². The Bertz CT molecular complexity index is 1820. The first-order valence-electron chi connectivity index (χ1n) is 13.5. The number of ether oxygens (including phenoxy) is 1. The molecule has 1 amide bonds. The van der Waals surface area contributed by atoms with Crippen LogP contribution in [0.2, 0.25) is 0 Å². The number of carbonyl (C=O) groups excluding carboxylic acids is 1. The molecule has 1 aliphatic heterocycles. The van der Waals surface area contributed by atoms with Crippen LogP contribution >= 0.6 is 0 Å². The lowest BCUT2D eigenvalue weighted by atomic mass is 9.96. The molecule has 0 aliphatic carbocycles. The van der Waals surface area contributed by atoms with Crippen molar-refractivity contribution in [3.05, 3.63) is 66.9 Å². The van der Waals surface area contributed by atoms with Crippen LogP contribution in [0, 0.1) is 18.7 Å². The molecule has 0 saturated carbocycles. The summed E-state index contributed by atoms with van der Waals surface area (Å²) in [6, 6.07) is 8.62. The van der Waals surface area contributed by atoms with Gasteiger partial charge >= 0.3 is 0 Å². The number of halogens is 1.